The molecule has 2 aliphatic rings. The molecular formula is C22H28N2O5. The highest BCUT2D eigenvalue weighted by atomic mass is 16.6. The molecule has 0 spiro atoms. The highest BCUT2D eigenvalue weighted by Crippen LogP contribution is 2.36. The van der Waals surface area contributed by atoms with Gasteiger partial charge in [-0.2, -0.15) is 0 Å². The molecule has 1 saturated heterocycles. The van der Waals surface area contributed by atoms with Crippen LogP contribution in [-0.4, -0.2) is 43.4 Å². The van der Waals surface area contributed by atoms with Gasteiger partial charge in [0.1, 0.15) is 13.2 Å². The standard InChI is InChI=1S/C22H28N2O5/c1-22(2,3)20-15(5-4-8-28-20)12-23-21(25)18-19(29-13-24-18)14-6-7-16-17(11-14)27-10-9-26-16/h6-7,11,13,15,20H,4-5,8-10,12H2,1-3H3,(H,23,25)/t15-,20-/m0/s1. The Kier molecular flexibility index (Phi) is 5.50. The van der Waals surface area contributed by atoms with E-state index in [2.05, 4.69) is 31.1 Å². The van der Waals surface area contributed by atoms with Gasteiger partial charge in [0, 0.05) is 24.6 Å². The lowest BCUT2D eigenvalue weighted by atomic mass is 9.78. The average Bonchev–Trinajstić information content (AvgIpc) is 3.21. The van der Waals surface area contributed by atoms with Crippen molar-refractivity contribution >= 4 is 5.91 Å². The molecule has 1 amide bonds. The van der Waals surface area contributed by atoms with Crippen molar-refractivity contribution in [2.24, 2.45) is 11.3 Å². The largest absolute Gasteiger partial charge is 0.486 e. The van der Waals surface area contributed by atoms with Crippen LogP contribution in [-0.2, 0) is 4.74 Å². The van der Waals surface area contributed by atoms with Crippen molar-refractivity contribution in [3.05, 3.63) is 30.3 Å². The molecule has 29 heavy (non-hydrogen) atoms. The molecule has 4 rings (SSSR count). The van der Waals surface area contributed by atoms with Crippen molar-refractivity contribution < 1.29 is 23.4 Å². The summed E-state index contributed by atoms with van der Waals surface area (Å²) < 4.78 is 22.7. The third-order valence-electron chi connectivity index (χ3n) is 5.41. The second-order valence-electron chi connectivity index (χ2n) is 8.66. The van der Waals surface area contributed by atoms with Gasteiger partial charge in [0.05, 0.1) is 6.10 Å². The normalized spacial score (nSPS) is 21.6. The molecule has 0 unspecified atom stereocenters. The van der Waals surface area contributed by atoms with Gasteiger partial charge in [0.15, 0.2) is 29.3 Å². The van der Waals surface area contributed by atoms with Gasteiger partial charge >= 0.3 is 0 Å². The molecule has 1 N–H and O–H groups in total. The molecule has 0 aliphatic carbocycles. The zero-order valence-electron chi connectivity index (χ0n) is 17.2. The van der Waals surface area contributed by atoms with Crippen LogP contribution in [0.2, 0.25) is 0 Å². The number of nitrogens with one attached hydrogen (secondary N) is 1. The van der Waals surface area contributed by atoms with E-state index < -0.39 is 0 Å². The first kappa shape index (κ1) is 19.8. The number of ether oxygens (including phenoxy) is 3. The lowest BCUT2D eigenvalue weighted by molar-refractivity contribution is -0.0839. The van der Waals surface area contributed by atoms with Gasteiger partial charge in [0.2, 0.25) is 0 Å². The van der Waals surface area contributed by atoms with Gasteiger partial charge in [-0.05, 0) is 36.5 Å². The minimum atomic E-state index is -0.248. The minimum Gasteiger partial charge on any atom is -0.486 e. The van der Waals surface area contributed by atoms with Crippen molar-refractivity contribution in [1.82, 2.24) is 10.3 Å². The lowest BCUT2D eigenvalue weighted by Crippen LogP contribution is -2.45. The number of oxazole rings is 1. The highest BCUT2D eigenvalue weighted by Gasteiger charge is 2.35. The number of benzene rings is 1. The van der Waals surface area contributed by atoms with Gasteiger partial charge in [-0.15, -0.1) is 0 Å². The Morgan fingerprint density at radius 3 is 2.76 bits per heavy atom. The van der Waals surface area contributed by atoms with Crippen LogP contribution in [0, 0.1) is 11.3 Å². The molecule has 0 bridgehead atoms. The van der Waals surface area contributed by atoms with Gasteiger partial charge in [-0.25, -0.2) is 4.98 Å². The van der Waals surface area contributed by atoms with E-state index in [1.807, 2.05) is 18.2 Å². The second-order valence-corrected chi connectivity index (χ2v) is 8.66. The molecule has 1 aromatic heterocycles. The number of carbonyl (C=O) groups excluding carboxylic acids is 1. The smallest absolute Gasteiger partial charge is 0.273 e. The molecule has 7 nitrogen and oxygen atoms in total. The minimum absolute atomic E-state index is 0.0278. The summed E-state index contributed by atoms with van der Waals surface area (Å²) in [6.45, 7) is 8.89. The molecular weight excluding hydrogens is 372 g/mol. The molecule has 2 aliphatic heterocycles. The zero-order chi connectivity index (χ0) is 20.4. The monoisotopic (exact) mass is 400 g/mol. The first-order valence-corrected chi connectivity index (χ1v) is 10.2. The third-order valence-corrected chi connectivity index (χ3v) is 5.41. The Morgan fingerprint density at radius 2 is 1.97 bits per heavy atom. The fraction of sp³-hybridized carbons (Fsp3) is 0.545. The Labute approximate surface area is 170 Å². The van der Waals surface area contributed by atoms with Gasteiger partial charge in [-0.3, -0.25) is 4.79 Å². The maximum atomic E-state index is 12.9. The van der Waals surface area contributed by atoms with Crippen LogP contribution in [0.1, 0.15) is 44.1 Å². The van der Waals surface area contributed by atoms with Crippen LogP contribution in [0.25, 0.3) is 11.3 Å². The van der Waals surface area contributed by atoms with E-state index in [-0.39, 0.29) is 29.0 Å². The molecule has 2 aromatic rings. The van der Waals surface area contributed by atoms with E-state index >= 15 is 0 Å². The van der Waals surface area contributed by atoms with Crippen molar-refractivity contribution in [2.45, 2.75) is 39.7 Å². The first-order valence-electron chi connectivity index (χ1n) is 10.2. The van der Waals surface area contributed by atoms with Crippen molar-refractivity contribution in [3.63, 3.8) is 0 Å². The number of aromatic nitrogens is 1. The molecule has 2 atom stereocenters. The topological polar surface area (TPSA) is 82.8 Å². The lowest BCUT2D eigenvalue weighted by Gasteiger charge is -2.40. The van der Waals surface area contributed by atoms with Crippen LogP contribution >= 0.6 is 0 Å². The van der Waals surface area contributed by atoms with Crippen LogP contribution < -0.4 is 14.8 Å². The number of hydrogen-bond donors (Lipinski definition) is 1. The summed E-state index contributed by atoms with van der Waals surface area (Å²) in [5.41, 5.74) is 1.02. The summed E-state index contributed by atoms with van der Waals surface area (Å²) in [5, 5.41) is 3.03. The highest BCUT2D eigenvalue weighted by molar-refractivity contribution is 5.97. The number of hydrogen-bond acceptors (Lipinski definition) is 6. The quantitative estimate of drug-likeness (QED) is 0.843. The second kappa shape index (κ2) is 8.06. The number of rotatable bonds is 4. The summed E-state index contributed by atoms with van der Waals surface area (Å²) >= 11 is 0. The predicted molar refractivity (Wildman–Crippen MR) is 107 cm³/mol. The van der Waals surface area contributed by atoms with Gasteiger partial charge in [-0.1, -0.05) is 20.8 Å². The van der Waals surface area contributed by atoms with E-state index in [9.17, 15) is 4.79 Å². The van der Waals surface area contributed by atoms with Gasteiger partial charge < -0.3 is 23.9 Å². The van der Waals surface area contributed by atoms with E-state index in [0.717, 1.165) is 25.0 Å². The van der Waals surface area contributed by atoms with Crippen LogP contribution in [0.15, 0.2) is 29.0 Å². The van der Waals surface area contributed by atoms with E-state index in [0.29, 0.717) is 37.0 Å². The third kappa shape index (κ3) is 4.24. The van der Waals surface area contributed by atoms with E-state index in [1.165, 1.54) is 6.39 Å². The molecule has 0 radical (unpaired) electrons. The molecule has 3 heterocycles. The predicted octanol–water partition coefficient (Wildman–Crippen LogP) is 3.68. The number of amides is 1. The molecule has 1 fully saturated rings. The van der Waals surface area contributed by atoms with Crippen molar-refractivity contribution in [3.8, 4) is 22.8 Å². The van der Waals surface area contributed by atoms with E-state index in [1.54, 1.807) is 0 Å². The SMILES string of the molecule is CC(C)(C)[C@H]1OCCC[C@H]1CNC(=O)c1ncoc1-c1ccc2c(c1)OCCO2. The number of nitrogens with zero attached hydrogens (tertiary/aromatic N) is 1. The summed E-state index contributed by atoms with van der Waals surface area (Å²) in [6.07, 6.45) is 3.46. The summed E-state index contributed by atoms with van der Waals surface area (Å²) in [7, 11) is 0. The Hall–Kier alpha value is -2.54. The van der Waals surface area contributed by atoms with Crippen LogP contribution in [0.3, 0.4) is 0 Å². The van der Waals surface area contributed by atoms with E-state index in [4.69, 9.17) is 18.6 Å². The Balaban J connectivity index is 1.47. The summed E-state index contributed by atoms with van der Waals surface area (Å²) in [4.78, 5) is 17.0. The molecule has 7 heteroatoms. The summed E-state index contributed by atoms with van der Waals surface area (Å²) in [6, 6.07) is 5.48. The number of fused-ring (bicyclic) bond motifs is 1. The first-order chi connectivity index (χ1) is 13.9. The fourth-order valence-corrected chi connectivity index (χ4v) is 4.11. The maximum Gasteiger partial charge on any atom is 0.273 e. The molecule has 156 valence electrons. The van der Waals surface area contributed by atoms with Crippen LogP contribution in [0.4, 0.5) is 0 Å². The van der Waals surface area contributed by atoms with Crippen molar-refractivity contribution in [2.75, 3.05) is 26.4 Å². The molecule has 1 aromatic carbocycles. The Morgan fingerprint density at radius 1 is 1.17 bits per heavy atom. The Bertz CT molecular complexity index is 870. The summed E-state index contributed by atoms with van der Waals surface area (Å²) in [5.74, 6) is 1.78. The van der Waals surface area contributed by atoms with Gasteiger partial charge in [0.25, 0.3) is 5.91 Å². The fourth-order valence-electron chi connectivity index (χ4n) is 4.11. The maximum absolute atomic E-state index is 12.9. The zero-order valence-corrected chi connectivity index (χ0v) is 17.2. The number of carbonyl (C=O) groups is 1. The average molecular weight is 400 g/mol. The van der Waals surface area contributed by atoms with Crippen LogP contribution in [0.5, 0.6) is 11.5 Å². The molecule has 0 saturated carbocycles. The van der Waals surface area contributed by atoms with Crippen molar-refractivity contribution in [1.29, 1.82) is 0 Å².